The molecule has 0 aliphatic carbocycles. The minimum atomic E-state index is -0.379. The number of aromatic nitrogens is 1. The average molecular weight is 357 g/mol. The molecule has 0 saturated carbocycles. The normalized spacial score (nSPS) is 11.8. The Kier molecular flexibility index (Phi) is 5.94. The van der Waals surface area contributed by atoms with E-state index in [2.05, 4.69) is 10.3 Å². The van der Waals surface area contributed by atoms with Crippen molar-refractivity contribution in [3.05, 3.63) is 46.6 Å². The summed E-state index contributed by atoms with van der Waals surface area (Å²) in [5.74, 6) is 0.359. The number of hydrogen-bond acceptors (Lipinski definition) is 4. The Balaban J connectivity index is 2.09. The van der Waals surface area contributed by atoms with Crippen LogP contribution in [0.1, 0.15) is 6.92 Å². The van der Waals surface area contributed by atoms with Crippen molar-refractivity contribution in [2.24, 2.45) is 0 Å². The van der Waals surface area contributed by atoms with Crippen LogP contribution in [0.4, 0.5) is 5.69 Å². The molecule has 1 amide bonds. The van der Waals surface area contributed by atoms with Crippen LogP contribution in [-0.2, 0) is 4.79 Å². The Morgan fingerprint density at radius 3 is 2.82 bits per heavy atom. The van der Waals surface area contributed by atoms with Crippen LogP contribution in [0.15, 0.2) is 41.6 Å². The van der Waals surface area contributed by atoms with Gasteiger partial charge in [-0.1, -0.05) is 35.0 Å². The van der Waals surface area contributed by atoms with E-state index in [1.165, 1.54) is 18.9 Å². The first kappa shape index (κ1) is 16.9. The van der Waals surface area contributed by atoms with Crippen molar-refractivity contribution < 1.29 is 9.53 Å². The molecule has 0 fully saturated rings. The summed E-state index contributed by atoms with van der Waals surface area (Å²) in [4.78, 5) is 16.5. The standard InChI is InChI=1S/C15H14Cl2N2O2S/c1-9(22-15-11(17)4-3-7-18-15)14(20)19-12-8-10(16)5-6-13(12)21-2/h3-9H,1-2H3,(H,19,20). The number of methoxy groups -OCH3 is 1. The lowest BCUT2D eigenvalue weighted by atomic mass is 10.3. The number of nitrogens with one attached hydrogen (secondary N) is 1. The zero-order chi connectivity index (χ0) is 16.1. The van der Waals surface area contributed by atoms with Crippen molar-refractivity contribution in [1.82, 2.24) is 4.98 Å². The molecule has 1 heterocycles. The highest BCUT2D eigenvalue weighted by Crippen LogP contribution is 2.31. The highest BCUT2D eigenvalue weighted by Gasteiger charge is 2.18. The number of thioether (sulfide) groups is 1. The third-order valence-corrected chi connectivity index (χ3v) is 4.57. The van der Waals surface area contributed by atoms with Gasteiger partial charge in [-0.25, -0.2) is 4.98 Å². The molecule has 0 aliphatic rings. The summed E-state index contributed by atoms with van der Waals surface area (Å²) in [7, 11) is 1.53. The summed E-state index contributed by atoms with van der Waals surface area (Å²) in [6.07, 6.45) is 1.64. The molecule has 0 radical (unpaired) electrons. The van der Waals surface area contributed by atoms with Crippen LogP contribution in [0.2, 0.25) is 10.0 Å². The molecule has 1 atom stereocenters. The number of nitrogens with zero attached hydrogens (tertiary/aromatic N) is 1. The van der Waals surface area contributed by atoms with E-state index in [1.54, 1.807) is 43.5 Å². The van der Waals surface area contributed by atoms with Crippen molar-refractivity contribution in [2.75, 3.05) is 12.4 Å². The topological polar surface area (TPSA) is 51.2 Å². The Bertz CT molecular complexity index is 682. The fourth-order valence-corrected chi connectivity index (χ4v) is 2.92. The molecule has 1 aromatic heterocycles. The molecule has 4 nitrogen and oxygen atoms in total. The fourth-order valence-electron chi connectivity index (χ4n) is 1.69. The highest BCUT2D eigenvalue weighted by molar-refractivity contribution is 8.00. The molecule has 2 aromatic rings. The maximum absolute atomic E-state index is 12.3. The van der Waals surface area contributed by atoms with E-state index in [0.717, 1.165) is 0 Å². The molecule has 1 N–H and O–H groups in total. The van der Waals surface area contributed by atoms with Crippen molar-refractivity contribution >= 4 is 46.6 Å². The smallest absolute Gasteiger partial charge is 0.237 e. The second-order valence-electron chi connectivity index (χ2n) is 4.38. The van der Waals surface area contributed by atoms with Gasteiger partial charge in [0.1, 0.15) is 10.8 Å². The van der Waals surface area contributed by atoms with Gasteiger partial charge in [0.2, 0.25) is 5.91 Å². The second-order valence-corrected chi connectivity index (χ2v) is 6.56. The molecule has 0 aliphatic heterocycles. The number of amides is 1. The van der Waals surface area contributed by atoms with Gasteiger partial charge >= 0.3 is 0 Å². The molecule has 116 valence electrons. The summed E-state index contributed by atoms with van der Waals surface area (Å²) in [6, 6.07) is 8.52. The molecular weight excluding hydrogens is 343 g/mol. The molecule has 0 saturated heterocycles. The Labute approximate surface area is 143 Å². The molecule has 1 unspecified atom stereocenters. The number of ether oxygens (including phenoxy) is 1. The fraction of sp³-hybridized carbons (Fsp3) is 0.200. The van der Waals surface area contributed by atoms with E-state index in [1.807, 2.05) is 0 Å². The van der Waals surface area contributed by atoms with Gasteiger partial charge in [-0.3, -0.25) is 4.79 Å². The van der Waals surface area contributed by atoms with Crippen LogP contribution < -0.4 is 10.1 Å². The predicted octanol–water partition coefficient (Wildman–Crippen LogP) is 4.52. The van der Waals surface area contributed by atoms with Crippen LogP contribution >= 0.6 is 35.0 Å². The van der Waals surface area contributed by atoms with Gasteiger partial charge in [0.25, 0.3) is 0 Å². The summed E-state index contributed by atoms with van der Waals surface area (Å²) < 4.78 is 5.20. The predicted molar refractivity (Wildman–Crippen MR) is 91.2 cm³/mol. The van der Waals surface area contributed by atoms with E-state index >= 15 is 0 Å². The van der Waals surface area contributed by atoms with E-state index in [-0.39, 0.29) is 11.2 Å². The van der Waals surface area contributed by atoms with Crippen LogP contribution in [0.25, 0.3) is 0 Å². The van der Waals surface area contributed by atoms with Gasteiger partial charge < -0.3 is 10.1 Å². The molecule has 0 spiro atoms. The third kappa shape index (κ3) is 4.29. The van der Waals surface area contributed by atoms with Crippen LogP contribution in [0, 0.1) is 0 Å². The first-order valence-electron chi connectivity index (χ1n) is 6.43. The van der Waals surface area contributed by atoms with Gasteiger partial charge in [-0.2, -0.15) is 0 Å². The van der Waals surface area contributed by atoms with E-state index in [4.69, 9.17) is 27.9 Å². The molecule has 2 rings (SSSR count). The zero-order valence-electron chi connectivity index (χ0n) is 12.0. The Hall–Kier alpha value is -1.43. The van der Waals surface area contributed by atoms with Gasteiger partial charge in [-0.15, -0.1) is 0 Å². The lowest BCUT2D eigenvalue weighted by molar-refractivity contribution is -0.115. The first-order valence-corrected chi connectivity index (χ1v) is 8.06. The van der Waals surface area contributed by atoms with Crippen LogP contribution in [0.5, 0.6) is 5.75 Å². The van der Waals surface area contributed by atoms with E-state index in [9.17, 15) is 4.79 Å². The number of halogens is 2. The average Bonchev–Trinajstić information content (AvgIpc) is 2.49. The van der Waals surface area contributed by atoms with E-state index < -0.39 is 0 Å². The molecule has 0 bridgehead atoms. The number of rotatable bonds is 5. The van der Waals surface area contributed by atoms with Gasteiger partial charge in [-0.05, 0) is 37.3 Å². The maximum Gasteiger partial charge on any atom is 0.237 e. The minimum Gasteiger partial charge on any atom is -0.495 e. The number of carbonyl (C=O) groups excluding carboxylic acids is 1. The van der Waals surface area contributed by atoms with Gasteiger partial charge in [0.05, 0.1) is 23.1 Å². The van der Waals surface area contributed by atoms with Crippen molar-refractivity contribution in [1.29, 1.82) is 0 Å². The van der Waals surface area contributed by atoms with Gasteiger partial charge in [0, 0.05) is 11.2 Å². The van der Waals surface area contributed by atoms with Crippen molar-refractivity contribution in [3.8, 4) is 5.75 Å². The molecule has 22 heavy (non-hydrogen) atoms. The Morgan fingerprint density at radius 2 is 2.14 bits per heavy atom. The summed E-state index contributed by atoms with van der Waals surface area (Å²) in [6.45, 7) is 1.78. The first-order chi connectivity index (χ1) is 10.5. The van der Waals surface area contributed by atoms with Crippen molar-refractivity contribution in [2.45, 2.75) is 17.2 Å². The SMILES string of the molecule is COc1ccc(Cl)cc1NC(=O)C(C)Sc1ncccc1Cl. The summed E-state index contributed by atoms with van der Waals surface area (Å²) in [5, 5.41) is 4.08. The van der Waals surface area contributed by atoms with Crippen molar-refractivity contribution in [3.63, 3.8) is 0 Å². The van der Waals surface area contributed by atoms with Crippen LogP contribution in [0.3, 0.4) is 0 Å². The number of anilines is 1. The second kappa shape index (κ2) is 7.72. The van der Waals surface area contributed by atoms with Gasteiger partial charge in [0.15, 0.2) is 0 Å². The maximum atomic E-state index is 12.3. The van der Waals surface area contributed by atoms with Crippen LogP contribution in [-0.4, -0.2) is 23.3 Å². The summed E-state index contributed by atoms with van der Waals surface area (Å²) in [5.41, 5.74) is 0.527. The lowest BCUT2D eigenvalue weighted by Crippen LogP contribution is -2.22. The Morgan fingerprint density at radius 1 is 1.36 bits per heavy atom. The highest BCUT2D eigenvalue weighted by atomic mass is 35.5. The zero-order valence-corrected chi connectivity index (χ0v) is 14.3. The monoisotopic (exact) mass is 356 g/mol. The van der Waals surface area contributed by atoms with E-state index in [0.29, 0.717) is 26.5 Å². The largest absolute Gasteiger partial charge is 0.495 e. The lowest BCUT2D eigenvalue weighted by Gasteiger charge is -2.14. The number of hydrogen-bond donors (Lipinski definition) is 1. The number of benzene rings is 1. The minimum absolute atomic E-state index is 0.188. The summed E-state index contributed by atoms with van der Waals surface area (Å²) >= 11 is 13.3. The molecule has 1 aromatic carbocycles. The molecule has 7 heteroatoms. The third-order valence-electron chi connectivity index (χ3n) is 2.80. The molecular formula is C15H14Cl2N2O2S. The quantitative estimate of drug-likeness (QED) is 0.800. The number of carbonyl (C=O) groups is 1. The number of pyridine rings is 1.